The van der Waals surface area contributed by atoms with Crippen LogP contribution in [0.5, 0.6) is 11.5 Å². The SMILES string of the molecule is CC1(C)Cc2cccc(OCC(=O)N3CCN(Cc4nnnn4-c4ccc(F)cc4)CC3)c2O1. The Morgan fingerprint density at radius 3 is 2.65 bits per heavy atom. The van der Waals surface area contributed by atoms with Crippen LogP contribution >= 0.6 is 0 Å². The van der Waals surface area contributed by atoms with Gasteiger partial charge in [0.05, 0.1) is 12.2 Å². The third-order valence-corrected chi connectivity index (χ3v) is 6.10. The number of tetrazole rings is 1. The van der Waals surface area contributed by atoms with E-state index in [2.05, 4.69) is 20.4 Å². The van der Waals surface area contributed by atoms with E-state index in [1.54, 1.807) is 16.8 Å². The molecule has 3 heterocycles. The van der Waals surface area contributed by atoms with Gasteiger partial charge in [-0.2, -0.15) is 4.68 Å². The maximum Gasteiger partial charge on any atom is 0.260 e. The summed E-state index contributed by atoms with van der Waals surface area (Å²) < 4.78 is 26.7. The topological polar surface area (TPSA) is 85.6 Å². The molecule has 1 aromatic heterocycles. The van der Waals surface area contributed by atoms with E-state index >= 15 is 0 Å². The minimum Gasteiger partial charge on any atom is -0.483 e. The van der Waals surface area contributed by atoms with Gasteiger partial charge in [-0.15, -0.1) is 5.10 Å². The van der Waals surface area contributed by atoms with E-state index in [4.69, 9.17) is 9.47 Å². The number of nitrogens with zero attached hydrogens (tertiary/aromatic N) is 6. The number of amides is 1. The summed E-state index contributed by atoms with van der Waals surface area (Å²) in [5, 5.41) is 11.9. The van der Waals surface area contributed by atoms with Crippen LogP contribution in [0.1, 0.15) is 25.2 Å². The molecule has 0 spiro atoms. The van der Waals surface area contributed by atoms with Crippen LogP contribution in [0.2, 0.25) is 0 Å². The number of halogens is 1. The van der Waals surface area contributed by atoms with Gasteiger partial charge in [0, 0.05) is 38.2 Å². The average molecular weight is 467 g/mol. The number of ether oxygens (including phenoxy) is 2. The second kappa shape index (κ2) is 9.02. The summed E-state index contributed by atoms with van der Waals surface area (Å²) in [6.45, 7) is 7.17. The Bertz CT molecular complexity index is 1170. The normalized spacial score (nSPS) is 17.3. The van der Waals surface area contributed by atoms with Crippen LogP contribution in [0.15, 0.2) is 42.5 Å². The molecular formula is C24H27FN6O3. The summed E-state index contributed by atoms with van der Waals surface area (Å²) in [6.07, 6.45) is 0.819. The van der Waals surface area contributed by atoms with Crippen molar-refractivity contribution in [2.75, 3.05) is 32.8 Å². The zero-order valence-electron chi connectivity index (χ0n) is 19.3. The second-order valence-electron chi connectivity index (χ2n) is 9.21. The zero-order valence-corrected chi connectivity index (χ0v) is 19.3. The molecule has 0 radical (unpaired) electrons. The molecule has 0 atom stereocenters. The highest BCUT2D eigenvalue weighted by molar-refractivity contribution is 5.78. The van der Waals surface area contributed by atoms with Crippen molar-refractivity contribution in [2.45, 2.75) is 32.4 Å². The minimum absolute atomic E-state index is 0.0247. The molecule has 3 aromatic rings. The van der Waals surface area contributed by atoms with Gasteiger partial charge in [0.1, 0.15) is 11.4 Å². The molecule has 0 N–H and O–H groups in total. The number of hydrogen-bond donors (Lipinski definition) is 0. The summed E-state index contributed by atoms with van der Waals surface area (Å²) in [6, 6.07) is 11.8. The fourth-order valence-corrected chi connectivity index (χ4v) is 4.37. The largest absolute Gasteiger partial charge is 0.483 e. The summed E-state index contributed by atoms with van der Waals surface area (Å²) >= 11 is 0. The number of hydrogen-bond acceptors (Lipinski definition) is 7. The van der Waals surface area contributed by atoms with E-state index in [0.717, 1.165) is 17.7 Å². The fourth-order valence-electron chi connectivity index (χ4n) is 4.37. The van der Waals surface area contributed by atoms with Crippen LogP contribution in [-0.2, 0) is 17.8 Å². The van der Waals surface area contributed by atoms with Crippen LogP contribution in [0.25, 0.3) is 5.69 Å². The number of aromatic nitrogens is 4. The highest BCUT2D eigenvalue weighted by Gasteiger charge is 2.32. The van der Waals surface area contributed by atoms with Crippen molar-refractivity contribution in [3.8, 4) is 17.2 Å². The molecule has 1 amide bonds. The van der Waals surface area contributed by atoms with Crippen LogP contribution < -0.4 is 9.47 Å². The summed E-state index contributed by atoms with van der Waals surface area (Å²) in [7, 11) is 0. The Balaban J connectivity index is 1.14. The number of fused-ring (bicyclic) bond motifs is 1. The van der Waals surface area contributed by atoms with Crippen molar-refractivity contribution in [2.24, 2.45) is 0 Å². The first-order valence-electron chi connectivity index (χ1n) is 11.3. The lowest BCUT2D eigenvalue weighted by molar-refractivity contribution is -0.135. The predicted octanol–water partition coefficient (Wildman–Crippen LogP) is 2.24. The maximum atomic E-state index is 13.2. The first kappa shape index (κ1) is 22.3. The van der Waals surface area contributed by atoms with E-state index in [-0.39, 0.29) is 23.9 Å². The highest BCUT2D eigenvalue weighted by Crippen LogP contribution is 2.41. The summed E-state index contributed by atoms with van der Waals surface area (Å²) in [4.78, 5) is 16.8. The minimum atomic E-state index is -0.309. The van der Waals surface area contributed by atoms with E-state index in [0.29, 0.717) is 50.0 Å². The number of carbonyl (C=O) groups is 1. The van der Waals surface area contributed by atoms with E-state index in [1.165, 1.54) is 12.1 Å². The average Bonchev–Trinajstić information content (AvgIpc) is 3.41. The number of para-hydroxylation sites is 1. The van der Waals surface area contributed by atoms with E-state index < -0.39 is 0 Å². The van der Waals surface area contributed by atoms with Gasteiger partial charge in [0.2, 0.25) is 0 Å². The lowest BCUT2D eigenvalue weighted by atomic mass is 10.0. The lowest BCUT2D eigenvalue weighted by Crippen LogP contribution is -2.49. The van der Waals surface area contributed by atoms with Gasteiger partial charge in [0.15, 0.2) is 23.9 Å². The smallest absolute Gasteiger partial charge is 0.260 e. The molecule has 9 nitrogen and oxygen atoms in total. The van der Waals surface area contributed by atoms with Crippen molar-refractivity contribution in [1.29, 1.82) is 0 Å². The zero-order chi connectivity index (χ0) is 23.7. The third kappa shape index (κ3) is 4.72. The molecule has 0 aliphatic carbocycles. The highest BCUT2D eigenvalue weighted by atomic mass is 19.1. The van der Waals surface area contributed by atoms with Crippen LogP contribution in [0.3, 0.4) is 0 Å². The Morgan fingerprint density at radius 2 is 1.88 bits per heavy atom. The number of benzene rings is 2. The Morgan fingerprint density at radius 1 is 1.12 bits per heavy atom. The van der Waals surface area contributed by atoms with E-state index in [9.17, 15) is 9.18 Å². The Kier molecular flexibility index (Phi) is 5.91. The van der Waals surface area contributed by atoms with E-state index in [1.807, 2.05) is 36.9 Å². The molecular weight excluding hydrogens is 439 g/mol. The van der Waals surface area contributed by atoms with Crippen molar-refractivity contribution in [1.82, 2.24) is 30.0 Å². The summed E-state index contributed by atoms with van der Waals surface area (Å²) in [5.74, 6) is 1.66. The van der Waals surface area contributed by atoms with Gasteiger partial charge in [-0.05, 0) is 54.6 Å². The van der Waals surface area contributed by atoms with Crippen molar-refractivity contribution in [3.63, 3.8) is 0 Å². The van der Waals surface area contributed by atoms with Gasteiger partial charge in [0.25, 0.3) is 5.91 Å². The van der Waals surface area contributed by atoms with Crippen molar-refractivity contribution >= 4 is 5.91 Å². The molecule has 0 bridgehead atoms. The Hall–Kier alpha value is -3.53. The lowest BCUT2D eigenvalue weighted by Gasteiger charge is -2.34. The van der Waals surface area contributed by atoms with Gasteiger partial charge in [-0.1, -0.05) is 12.1 Å². The monoisotopic (exact) mass is 466 g/mol. The van der Waals surface area contributed by atoms with Crippen LogP contribution in [-0.4, -0.2) is 74.3 Å². The first-order chi connectivity index (χ1) is 16.4. The van der Waals surface area contributed by atoms with Gasteiger partial charge < -0.3 is 14.4 Å². The molecule has 1 saturated heterocycles. The molecule has 178 valence electrons. The predicted molar refractivity (Wildman–Crippen MR) is 121 cm³/mol. The molecule has 10 heteroatoms. The number of carbonyl (C=O) groups excluding carboxylic acids is 1. The Labute approximate surface area is 197 Å². The van der Waals surface area contributed by atoms with Crippen LogP contribution in [0.4, 0.5) is 4.39 Å². The molecule has 34 heavy (non-hydrogen) atoms. The van der Waals surface area contributed by atoms with Gasteiger partial charge in [-0.25, -0.2) is 4.39 Å². The van der Waals surface area contributed by atoms with Crippen LogP contribution in [0, 0.1) is 5.82 Å². The van der Waals surface area contributed by atoms with Gasteiger partial charge in [-0.3, -0.25) is 9.69 Å². The quantitative estimate of drug-likeness (QED) is 0.551. The molecule has 2 aromatic carbocycles. The standard InChI is InChI=1S/C24H27FN6O3/c1-24(2)14-17-4-3-5-20(23(17)34-24)33-16-22(32)30-12-10-29(11-13-30)15-21-26-27-28-31(21)19-8-6-18(25)7-9-19/h3-9H,10-16H2,1-2H3. The molecule has 2 aliphatic rings. The fraction of sp³-hybridized carbons (Fsp3) is 0.417. The van der Waals surface area contributed by atoms with Crippen molar-refractivity contribution in [3.05, 3.63) is 59.7 Å². The molecule has 2 aliphatic heterocycles. The molecule has 0 saturated carbocycles. The summed E-state index contributed by atoms with van der Waals surface area (Å²) in [5.41, 5.74) is 1.54. The third-order valence-electron chi connectivity index (χ3n) is 6.10. The number of piperazine rings is 1. The molecule has 5 rings (SSSR count). The molecule has 1 fully saturated rings. The maximum absolute atomic E-state index is 13.2. The van der Waals surface area contributed by atoms with Gasteiger partial charge >= 0.3 is 0 Å². The first-order valence-corrected chi connectivity index (χ1v) is 11.3. The van der Waals surface area contributed by atoms with Crippen molar-refractivity contribution < 1.29 is 18.7 Å². The molecule has 0 unspecified atom stereocenters. The second-order valence-corrected chi connectivity index (χ2v) is 9.21. The number of rotatable bonds is 6.